The summed E-state index contributed by atoms with van der Waals surface area (Å²) in [4.78, 5) is 25.6. The number of aromatic nitrogens is 1. The Morgan fingerprint density at radius 1 is 1.07 bits per heavy atom. The maximum Gasteiger partial charge on any atom is 0.416 e. The molecule has 0 fully saturated rings. The maximum absolute atomic E-state index is 15.7. The summed E-state index contributed by atoms with van der Waals surface area (Å²) < 4.78 is 79.6. The van der Waals surface area contributed by atoms with Crippen LogP contribution in [0, 0.1) is 18.6 Å². The van der Waals surface area contributed by atoms with Gasteiger partial charge in [-0.2, -0.15) is 13.2 Å². The van der Waals surface area contributed by atoms with Crippen LogP contribution in [0.1, 0.15) is 52.7 Å². The van der Waals surface area contributed by atoms with Crippen molar-refractivity contribution in [3.8, 4) is 16.9 Å². The molecule has 5 rings (SSSR count). The number of benzene rings is 3. The number of hydrogen-bond acceptors (Lipinski definition) is 5. The monoisotopic (exact) mass is 641 g/mol. The summed E-state index contributed by atoms with van der Waals surface area (Å²) in [5, 5.41) is 15.6. The Balaban J connectivity index is 1.74. The molecule has 2 atom stereocenters. The molecule has 1 aromatic heterocycles. The smallest absolute Gasteiger partial charge is 0.416 e. The Morgan fingerprint density at radius 2 is 1.78 bits per heavy atom. The van der Waals surface area contributed by atoms with Gasteiger partial charge in [-0.1, -0.05) is 48.5 Å². The first-order chi connectivity index (χ1) is 21.9. The molecule has 2 heterocycles. The van der Waals surface area contributed by atoms with Crippen molar-refractivity contribution >= 4 is 11.8 Å². The van der Waals surface area contributed by atoms with E-state index in [4.69, 9.17) is 9.84 Å². The van der Waals surface area contributed by atoms with Gasteiger partial charge in [0.2, 0.25) is 0 Å². The van der Waals surface area contributed by atoms with Gasteiger partial charge in [0.15, 0.2) is 11.6 Å². The summed E-state index contributed by atoms with van der Waals surface area (Å²) in [5.74, 6) is -2.78. The Morgan fingerprint density at radius 3 is 2.46 bits per heavy atom. The van der Waals surface area contributed by atoms with Crippen molar-refractivity contribution in [2.24, 2.45) is 0 Å². The molecule has 3 aromatic carbocycles. The van der Waals surface area contributed by atoms with Crippen molar-refractivity contribution in [3.63, 3.8) is 0 Å². The first kappa shape index (κ1) is 32.7. The van der Waals surface area contributed by atoms with Crippen LogP contribution in [0.3, 0.4) is 0 Å². The number of methoxy groups -OCH3 is 1. The van der Waals surface area contributed by atoms with Crippen LogP contribution in [0.2, 0.25) is 0 Å². The van der Waals surface area contributed by atoms with E-state index in [0.717, 1.165) is 23.8 Å². The van der Waals surface area contributed by atoms with Gasteiger partial charge in [0, 0.05) is 36.1 Å². The van der Waals surface area contributed by atoms with Gasteiger partial charge in [-0.15, -0.1) is 0 Å². The number of pyridine rings is 1. The van der Waals surface area contributed by atoms with Gasteiger partial charge in [-0.05, 0) is 49.2 Å². The van der Waals surface area contributed by atoms with Crippen LogP contribution in [0.25, 0.3) is 11.1 Å². The van der Waals surface area contributed by atoms with E-state index in [9.17, 15) is 22.8 Å². The molecular formula is C34H32F5N3O4. The maximum atomic E-state index is 15.7. The quantitative estimate of drug-likeness (QED) is 0.122. The van der Waals surface area contributed by atoms with Gasteiger partial charge in [0.1, 0.15) is 11.6 Å². The number of rotatable bonds is 11. The molecule has 12 heteroatoms. The van der Waals surface area contributed by atoms with E-state index in [1.807, 2.05) is 30.3 Å². The summed E-state index contributed by atoms with van der Waals surface area (Å²) in [6.45, 7) is 1.95. The van der Waals surface area contributed by atoms with E-state index in [0.29, 0.717) is 6.42 Å². The zero-order valence-corrected chi connectivity index (χ0v) is 25.1. The highest BCUT2D eigenvalue weighted by Gasteiger charge is 2.38. The average molecular weight is 642 g/mol. The number of aliphatic carboxylic acids is 1. The molecule has 46 heavy (non-hydrogen) atoms. The van der Waals surface area contributed by atoms with Gasteiger partial charge in [-0.3, -0.25) is 14.2 Å². The topological polar surface area (TPSA) is 92.6 Å². The number of nitrogens with one attached hydrogen (secondary N) is 2. The van der Waals surface area contributed by atoms with Crippen LogP contribution in [0.4, 0.5) is 27.8 Å². The number of carbonyl (C=O) groups is 1. The van der Waals surface area contributed by atoms with Crippen molar-refractivity contribution in [2.75, 3.05) is 25.5 Å². The molecule has 0 spiro atoms. The molecule has 242 valence electrons. The molecule has 1 unspecified atom stereocenters. The second kappa shape index (κ2) is 13.3. The lowest BCUT2D eigenvalue weighted by molar-refractivity contribution is -0.138. The third kappa shape index (κ3) is 6.34. The fourth-order valence-corrected chi connectivity index (χ4v) is 6.13. The van der Waals surface area contributed by atoms with Crippen LogP contribution >= 0.6 is 0 Å². The number of carboxylic acids is 1. The van der Waals surface area contributed by atoms with Gasteiger partial charge in [0.05, 0.1) is 30.3 Å². The van der Waals surface area contributed by atoms with Crippen molar-refractivity contribution in [3.05, 3.63) is 117 Å². The van der Waals surface area contributed by atoms with Gasteiger partial charge in [0.25, 0.3) is 5.56 Å². The van der Waals surface area contributed by atoms with Crippen LogP contribution in [-0.2, 0) is 17.4 Å². The second-order valence-corrected chi connectivity index (χ2v) is 11.1. The molecule has 0 amide bonds. The summed E-state index contributed by atoms with van der Waals surface area (Å²) >= 11 is 0. The van der Waals surface area contributed by atoms with E-state index in [1.54, 1.807) is 0 Å². The highest BCUT2D eigenvalue weighted by molar-refractivity contribution is 5.74. The van der Waals surface area contributed by atoms with Crippen molar-refractivity contribution in [1.82, 2.24) is 9.88 Å². The van der Waals surface area contributed by atoms with E-state index in [2.05, 4.69) is 10.6 Å². The predicted octanol–water partition coefficient (Wildman–Crippen LogP) is 6.88. The minimum atomic E-state index is -4.85. The summed E-state index contributed by atoms with van der Waals surface area (Å²) in [6, 6.07) is 14.9. The molecule has 1 aliphatic heterocycles. The molecule has 3 N–H and O–H groups in total. The number of anilines is 1. The van der Waals surface area contributed by atoms with Gasteiger partial charge < -0.3 is 20.5 Å². The fraction of sp³-hybridized carbons (Fsp3) is 0.294. The van der Waals surface area contributed by atoms with Crippen molar-refractivity contribution in [2.45, 2.75) is 44.4 Å². The SMILES string of the molecule is COc1cccc(-c2c(C)c(Cc3c(F)cccc3C(F)(F)F)c3n(c2=O)[C@H](C(NCCCC(=O)O)c2ccccc2)CN3)c1F. The summed E-state index contributed by atoms with van der Waals surface area (Å²) in [7, 11) is 1.27. The number of fused-ring (bicyclic) bond motifs is 1. The molecule has 7 nitrogen and oxygen atoms in total. The normalized spacial score (nSPS) is 14.9. The van der Waals surface area contributed by atoms with Crippen LogP contribution < -0.4 is 20.9 Å². The molecule has 0 saturated heterocycles. The van der Waals surface area contributed by atoms with E-state index in [1.165, 1.54) is 36.8 Å². The van der Waals surface area contributed by atoms with E-state index in [-0.39, 0.29) is 53.3 Å². The molecule has 1 aliphatic rings. The van der Waals surface area contributed by atoms with Crippen molar-refractivity contribution < 1.29 is 36.6 Å². The van der Waals surface area contributed by atoms with Crippen LogP contribution in [-0.4, -0.2) is 35.8 Å². The average Bonchev–Trinajstić information content (AvgIpc) is 3.45. The van der Waals surface area contributed by atoms with Gasteiger partial charge >= 0.3 is 12.1 Å². The highest BCUT2D eigenvalue weighted by atomic mass is 19.4. The Labute approximate surface area is 261 Å². The third-order valence-corrected chi connectivity index (χ3v) is 8.30. The lowest BCUT2D eigenvalue weighted by Gasteiger charge is -2.28. The number of ether oxygens (including phenoxy) is 1. The standard InChI is InChI=1S/C34H32F5N3O4/c1-19-22(17-23-24(34(37,38)39)12-7-13-25(23)35)32-41-18-26(31(20-9-4-3-5-10-20)40-16-8-15-28(43)44)42(32)33(45)29(19)21-11-6-14-27(46-2)30(21)36/h3-7,9-14,26,31,40-41H,8,15-18H2,1-2H3,(H,43,44)/t26-,31?/m0/s1. The zero-order chi connectivity index (χ0) is 33.2. The summed E-state index contributed by atoms with van der Waals surface area (Å²) in [6.07, 6.45) is -5.17. The lowest BCUT2D eigenvalue weighted by Crippen LogP contribution is -2.36. The highest BCUT2D eigenvalue weighted by Crippen LogP contribution is 2.41. The Bertz CT molecular complexity index is 1810. The Kier molecular flexibility index (Phi) is 9.47. The predicted molar refractivity (Wildman–Crippen MR) is 163 cm³/mol. The van der Waals surface area contributed by atoms with Crippen LogP contribution in [0.5, 0.6) is 5.75 Å². The number of nitrogens with zero attached hydrogens (tertiary/aromatic N) is 1. The fourth-order valence-electron chi connectivity index (χ4n) is 6.13. The lowest BCUT2D eigenvalue weighted by atomic mass is 9.91. The van der Waals surface area contributed by atoms with Gasteiger partial charge in [-0.25, -0.2) is 8.78 Å². The largest absolute Gasteiger partial charge is 0.494 e. The minimum Gasteiger partial charge on any atom is -0.494 e. The van der Waals surface area contributed by atoms with E-state index >= 15 is 8.78 Å². The second-order valence-electron chi connectivity index (χ2n) is 11.1. The van der Waals surface area contributed by atoms with Crippen molar-refractivity contribution in [1.29, 1.82) is 0 Å². The van der Waals surface area contributed by atoms with Crippen LogP contribution in [0.15, 0.2) is 71.5 Å². The number of carboxylic acid groups (broad SMARTS) is 1. The zero-order valence-electron chi connectivity index (χ0n) is 25.1. The first-order valence-electron chi connectivity index (χ1n) is 14.6. The first-order valence-corrected chi connectivity index (χ1v) is 14.6. The molecule has 0 radical (unpaired) electrons. The number of hydrogen-bond donors (Lipinski definition) is 3. The number of halogens is 5. The molecule has 0 aliphatic carbocycles. The van der Waals surface area contributed by atoms with E-state index < -0.39 is 59.0 Å². The molecular weight excluding hydrogens is 609 g/mol. The molecule has 4 aromatic rings. The minimum absolute atomic E-state index is 0.0826. The Hall–Kier alpha value is -4.71. The molecule has 0 bridgehead atoms. The number of alkyl halides is 3. The third-order valence-electron chi connectivity index (χ3n) is 8.30. The summed E-state index contributed by atoms with van der Waals surface area (Å²) in [5.41, 5.74) is -1.39. The molecule has 0 saturated carbocycles.